The van der Waals surface area contributed by atoms with Crippen molar-refractivity contribution in [2.45, 2.75) is 0 Å². The number of rotatable bonds is 2. The Balaban J connectivity index is 0.00000121. The number of hydrogen-bond acceptors (Lipinski definition) is 2. The molecule has 0 spiro atoms. The average molecular weight is 306 g/mol. The Morgan fingerprint density at radius 2 is 0.818 bits per heavy atom. The minimum atomic E-state index is 0. The second-order valence-corrected chi connectivity index (χ2v) is 4.63. The van der Waals surface area contributed by atoms with Crippen LogP contribution in [0.5, 0.6) is 11.5 Å². The Bertz CT molecular complexity index is 662. The Morgan fingerprint density at radius 3 is 1.18 bits per heavy atom. The van der Waals surface area contributed by atoms with E-state index in [1.54, 1.807) is 24.3 Å². The molecule has 0 bridgehead atoms. The van der Waals surface area contributed by atoms with Gasteiger partial charge in [0.25, 0.3) is 0 Å². The average Bonchev–Trinajstić information content (AvgIpc) is 2.49. The minimum absolute atomic E-state index is 0. The summed E-state index contributed by atoms with van der Waals surface area (Å²) in [6.07, 6.45) is 0. The van der Waals surface area contributed by atoms with Gasteiger partial charge in [-0.1, -0.05) is 66.7 Å². The van der Waals surface area contributed by atoms with Gasteiger partial charge in [0, 0.05) is 0 Å². The van der Waals surface area contributed by atoms with E-state index in [9.17, 15) is 10.2 Å². The van der Waals surface area contributed by atoms with Crippen LogP contribution in [0.1, 0.15) is 0 Å². The van der Waals surface area contributed by atoms with Crippen LogP contribution in [0.15, 0.2) is 72.8 Å². The molecule has 0 unspecified atom stereocenters. The normalized spacial score (nSPS) is 9.45. The van der Waals surface area contributed by atoms with E-state index in [1.165, 1.54) is 0 Å². The Labute approximate surface area is 174 Å². The first-order valence-electron chi connectivity index (χ1n) is 6.37. The molecule has 0 saturated heterocycles. The monoisotopic (exact) mass is 306 g/mol. The van der Waals surface area contributed by atoms with Crippen molar-refractivity contribution in [1.29, 1.82) is 0 Å². The Hall–Kier alpha value is -0.740. The third-order valence-corrected chi connectivity index (χ3v) is 3.24. The van der Waals surface area contributed by atoms with Crippen LogP contribution < -0.4 is 69.3 Å². The van der Waals surface area contributed by atoms with Crippen LogP contribution in [-0.4, -0.2) is 0 Å². The topological polar surface area (TPSA) is 46.1 Å². The molecule has 3 rings (SSSR count). The van der Waals surface area contributed by atoms with Crippen molar-refractivity contribution in [3.63, 3.8) is 0 Å². The summed E-state index contributed by atoms with van der Waals surface area (Å²) in [6.45, 7) is 0. The fourth-order valence-corrected chi connectivity index (χ4v) is 2.17. The molecule has 0 saturated carbocycles. The van der Waals surface area contributed by atoms with Crippen LogP contribution in [0.3, 0.4) is 0 Å². The van der Waals surface area contributed by atoms with Crippen LogP contribution in [0.2, 0.25) is 0 Å². The smallest absolute Gasteiger partial charge is 0.872 e. The van der Waals surface area contributed by atoms with Gasteiger partial charge in [-0.25, -0.2) is 0 Å². The SMILES string of the molecule is [Na+].[Na+].[O-]c1ccc(-c2cccc(-c3ccc([O-])cc3)c2)cc1. The number of hydrogen-bond donors (Lipinski definition) is 0. The molecular weight excluding hydrogens is 294 g/mol. The van der Waals surface area contributed by atoms with E-state index in [4.69, 9.17) is 0 Å². The maximum Gasteiger partial charge on any atom is 1.00 e. The zero-order chi connectivity index (χ0) is 13.9. The quantitative estimate of drug-likeness (QED) is 0.480. The second kappa shape index (κ2) is 8.78. The van der Waals surface area contributed by atoms with Crippen molar-refractivity contribution < 1.29 is 69.3 Å². The van der Waals surface area contributed by atoms with Crippen LogP contribution >= 0.6 is 0 Å². The molecule has 98 valence electrons. The predicted octanol–water partition coefficient (Wildman–Crippen LogP) is -2.82. The molecule has 0 N–H and O–H groups in total. The zero-order valence-corrected chi connectivity index (χ0v) is 16.7. The summed E-state index contributed by atoms with van der Waals surface area (Å²) >= 11 is 0. The molecule has 4 heteroatoms. The van der Waals surface area contributed by atoms with E-state index in [0.29, 0.717) is 0 Å². The van der Waals surface area contributed by atoms with Gasteiger partial charge in [-0.05, 0) is 28.3 Å². The Morgan fingerprint density at radius 1 is 0.455 bits per heavy atom. The fourth-order valence-electron chi connectivity index (χ4n) is 2.17. The molecule has 22 heavy (non-hydrogen) atoms. The van der Waals surface area contributed by atoms with E-state index in [-0.39, 0.29) is 70.6 Å². The largest absolute Gasteiger partial charge is 1.00 e. The fraction of sp³-hybridized carbons (Fsp3) is 0. The van der Waals surface area contributed by atoms with Gasteiger partial charge in [-0.3, -0.25) is 0 Å². The maximum atomic E-state index is 11.1. The van der Waals surface area contributed by atoms with Gasteiger partial charge < -0.3 is 10.2 Å². The van der Waals surface area contributed by atoms with Gasteiger partial charge in [0.1, 0.15) is 0 Å². The zero-order valence-electron chi connectivity index (χ0n) is 12.7. The standard InChI is InChI=1S/C18H14O2.2Na/c19-17-8-4-13(5-9-17)15-2-1-3-16(12-15)14-6-10-18(20)11-7-14;;/h1-12,19-20H;;/q;2*+1/p-2. The van der Waals surface area contributed by atoms with Gasteiger partial charge in [0.15, 0.2) is 0 Å². The molecule has 0 aliphatic rings. The summed E-state index contributed by atoms with van der Waals surface area (Å²) in [4.78, 5) is 0. The van der Waals surface area contributed by atoms with Crippen molar-refractivity contribution >= 4 is 0 Å². The third kappa shape index (κ3) is 4.63. The molecule has 0 aliphatic heterocycles. The summed E-state index contributed by atoms with van der Waals surface area (Å²) in [6, 6.07) is 21.6. The summed E-state index contributed by atoms with van der Waals surface area (Å²) in [7, 11) is 0. The van der Waals surface area contributed by atoms with Crippen LogP contribution in [0.4, 0.5) is 0 Å². The van der Waals surface area contributed by atoms with Gasteiger partial charge in [0.2, 0.25) is 0 Å². The summed E-state index contributed by atoms with van der Waals surface area (Å²) in [5.74, 6) is 0.0203. The summed E-state index contributed by atoms with van der Waals surface area (Å²) in [5.41, 5.74) is 4.11. The first-order valence-corrected chi connectivity index (χ1v) is 6.37. The minimum Gasteiger partial charge on any atom is -0.872 e. The summed E-state index contributed by atoms with van der Waals surface area (Å²) in [5, 5.41) is 22.3. The molecule has 3 aromatic rings. The number of benzene rings is 3. The van der Waals surface area contributed by atoms with Crippen LogP contribution in [0, 0.1) is 0 Å². The van der Waals surface area contributed by atoms with Crippen molar-refractivity contribution in [1.82, 2.24) is 0 Å². The van der Waals surface area contributed by atoms with Gasteiger partial charge in [-0.2, -0.15) is 0 Å². The molecule has 0 heterocycles. The predicted molar refractivity (Wildman–Crippen MR) is 76.2 cm³/mol. The second-order valence-electron chi connectivity index (χ2n) is 4.63. The third-order valence-electron chi connectivity index (χ3n) is 3.24. The molecule has 0 amide bonds. The van der Waals surface area contributed by atoms with Crippen molar-refractivity contribution in [2.75, 3.05) is 0 Å². The van der Waals surface area contributed by atoms with E-state index < -0.39 is 0 Å². The van der Waals surface area contributed by atoms with Gasteiger partial charge in [0.05, 0.1) is 0 Å². The maximum absolute atomic E-state index is 11.1. The molecule has 0 atom stereocenters. The van der Waals surface area contributed by atoms with E-state index in [1.807, 2.05) is 42.5 Å². The van der Waals surface area contributed by atoms with E-state index >= 15 is 0 Å². The van der Waals surface area contributed by atoms with E-state index in [0.717, 1.165) is 22.3 Å². The van der Waals surface area contributed by atoms with Crippen molar-refractivity contribution in [3.8, 4) is 33.8 Å². The van der Waals surface area contributed by atoms with Crippen molar-refractivity contribution in [3.05, 3.63) is 72.8 Å². The molecule has 0 radical (unpaired) electrons. The first-order chi connectivity index (χ1) is 9.72. The Kier molecular flexibility index (Phi) is 7.70. The first kappa shape index (κ1) is 19.3. The van der Waals surface area contributed by atoms with Gasteiger partial charge >= 0.3 is 59.1 Å². The molecule has 0 fully saturated rings. The molecule has 0 aromatic heterocycles. The van der Waals surface area contributed by atoms with Gasteiger partial charge in [-0.15, -0.1) is 11.5 Å². The molecule has 2 nitrogen and oxygen atoms in total. The van der Waals surface area contributed by atoms with Crippen molar-refractivity contribution in [2.24, 2.45) is 0 Å². The van der Waals surface area contributed by atoms with Crippen LogP contribution in [0.25, 0.3) is 22.3 Å². The van der Waals surface area contributed by atoms with Crippen LogP contribution in [-0.2, 0) is 0 Å². The molecule has 3 aromatic carbocycles. The summed E-state index contributed by atoms with van der Waals surface area (Å²) < 4.78 is 0. The van der Waals surface area contributed by atoms with E-state index in [2.05, 4.69) is 6.07 Å². The molecular formula is C18H12Na2O2. The molecule has 0 aliphatic carbocycles.